The first kappa shape index (κ1) is 24.2. The number of nitrogens with zero attached hydrogens (tertiary/aromatic N) is 1. The van der Waals surface area contributed by atoms with Crippen molar-refractivity contribution in [1.82, 2.24) is 5.32 Å². The van der Waals surface area contributed by atoms with Crippen LogP contribution >= 0.6 is 0 Å². The maximum atomic E-state index is 12.2. The predicted molar refractivity (Wildman–Crippen MR) is 117 cm³/mol. The van der Waals surface area contributed by atoms with Gasteiger partial charge in [0.15, 0.2) is 6.61 Å². The van der Waals surface area contributed by atoms with Gasteiger partial charge in [-0.3, -0.25) is 9.59 Å². The Labute approximate surface area is 186 Å². The van der Waals surface area contributed by atoms with Crippen LogP contribution in [0, 0.1) is 11.3 Å². The molecular weight excluding hydrogens is 412 g/mol. The van der Waals surface area contributed by atoms with Crippen molar-refractivity contribution in [2.75, 3.05) is 20.3 Å². The van der Waals surface area contributed by atoms with Crippen LogP contribution in [-0.2, 0) is 20.7 Å². The molecule has 0 aliphatic heterocycles. The van der Waals surface area contributed by atoms with Crippen LogP contribution in [-0.4, -0.2) is 43.2 Å². The van der Waals surface area contributed by atoms with E-state index in [0.717, 1.165) is 5.56 Å². The Hall–Kier alpha value is -4.12. The molecule has 0 spiro atoms. The van der Waals surface area contributed by atoms with Crippen molar-refractivity contribution in [3.05, 3.63) is 70.8 Å². The number of methoxy groups -OCH3 is 1. The monoisotopic (exact) mass is 436 g/mol. The van der Waals surface area contributed by atoms with Gasteiger partial charge in [-0.2, -0.15) is 5.26 Å². The molecule has 0 heterocycles. The Morgan fingerprint density at radius 1 is 1.16 bits per heavy atom. The van der Waals surface area contributed by atoms with Gasteiger partial charge >= 0.3 is 11.9 Å². The molecule has 1 amide bonds. The third-order valence-electron chi connectivity index (χ3n) is 4.45. The lowest BCUT2D eigenvalue weighted by atomic mass is 10.1. The zero-order valence-electron chi connectivity index (χ0n) is 17.7. The van der Waals surface area contributed by atoms with Crippen molar-refractivity contribution in [2.24, 2.45) is 0 Å². The zero-order chi connectivity index (χ0) is 23.3. The lowest BCUT2D eigenvalue weighted by molar-refractivity contribution is -0.143. The van der Waals surface area contributed by atoms with Crippen molar-refractivity contribution in [3.8, 4) is 11.8 Å². The van der Waals surface area contributed by atoms with Gasteiger partial charge in [-0.25, -0.2) is 4.79 Å². The SMILES string of the molecule is COC(=O)COc1ccc(CCNC(=O)c2ccc(C#N)cc2)cc1/C=C/CCC(=O)O. The number of hydrogen-bond donors (Lipinski definition) is 2. The fraction of sp³-hybridized carbons (Fsp3) is 0.250. The molecule has 2 aromatic rings. The second-order valence-electron chi connectivity index (χ2n) is 6.77. The summed E-state index contributed by atoms with van der Waals surface area (Å²) in [5.41, 5.74) is 2.57. The number of esters is 1. The summed E-state index contributed by atoms with van der Waals surface area (Å²) in [4.78, 5) is 34.3. The predicted octanol–water partition coefficient (Wildman–Crippen LogP) is 2.96. The quantitative estimate of drug-likeness (QED) is 0.519. The molecule has 0 aromatic heterocycles. The summed E-state index contributed by atoms with van der Waals surface area (Å²) in [6.45, 7) is 0.149. The summed E-state index contributed by atoms with van der Waals surface area (Å²) < 4.78 is 10.1. The van der Waals surface area contributed by atoms with Crippen molar-refractivity contribution < 1.29 is 29.0 Å². The van der Waals surface area contributed by atoms with E-state index in [-0.39, 0.29) is 18.9 Å². The molecule has 0 bridgehead atoms. The fourth-order valence-electron chi connectivity index (χ4n) is 2.75. The highest BCUT2D eigenvalue weighted by atomic mass is 16.6. The minimum Gasteiger partial charge on any atom is -0.481 e. The third kappa shape index (κ3) is 7.95. The topological polar surface area (TPSA) is 126 Å². The number of carbonyl (C=O) groups is 3. The van der Waals surface area contributed by atoms with E-state index in [1.165, 1.54) is 7.11 Å². The van der Waals surface area contributed by atoms with E-state index in [9.17, 15) is 14.4 Å². The maximum absolute atomic E-state index is 12.2. The van der Waals surface area contributed by atoms with Crippen molar-refractivity contribution in [2.45, 2.75) is 19.3 Å². The van der Waals surface area contributed by atoms with Crippen LogP contribution in [0.5, 0.6) is 5.75 Å². The number of hydrogen-bond acceptors (Lipinski definition) is 6. The molecule has 0 saturated heterocycles. The third-order valence-corrected chi connectivity index (χ3v) is 4.45. The van der Waals surface area contributed by atoms with Gasteiger partial charge < -0.3 is 19.9 Å². The summed E-state index contributed by atoms with van der Waals surface area (Å²) in [5, 5.41) is 20.4. The Balaban J connectivity index is 2.02. The van der Waals surface area contributed by atoms with E-state index in [4.69, 9.17) is 15.1 Å². The van der Waals surface area contributed by atoms with E-state index < -0.39 is 11.9 Å². The number of ether oxygens (including phenoxy) is 2. The van der Waals surface area contributed by atoms with E-state index in [2.05, 4.69) is 10.1 Å². The number of carbonyl (C=O) groups excluding carboxylic acids is 2. The van der Waals surface area contributed by atoms with Crippen molar-refractivity contribution >= 4 is 23.9 Å². The van der Waals surface area contributed by atoms with Gasteiger partial charge in [0.25, 0.3) is 5.91 Å². The smallest absolute Gasteiger partial charge is 0.343 e. The molecule has 0 atom stereocenters. The number of carboxylic acids is 1. The molecule has 32 heavy (non-hydrogen) atoms. The molecule has 0 saturated carbocycles. The largest absolute Gasteiger partial charge is 0.481 e. The Bertz CT molecular complexity index is 1020. The van der Waals surface area contributed by atoms with Gasteiger partial charge in [-0.15, -0.1) is 0 Å². The van der Waals surface area contributed by atoms with E-state index in [1.54, 1.807) is 42.5 Å². The molecule has 2 rings (SSSR count). The number of rotatable bonds is 11. The summed E-state index contributed by atoms with van der Waals surface area (Å²) in [5.74, 6) is -1.17. The number of amides is 1. The molecule has 0 aliphatic carbocycles. The zero-order valence-corrected chi connectivity index (χ0v) is 17.7. The van der Waals surface area contributed by atoms with E-state index in [1.807, 2.05) is 18.2 Å². The lowest BCUT2D eigenvalue weighted by Gasteiger charge is -2.11. The van der Waals surface area contributed by atoms with Crippen molar-refractivity contribution in [3.63, 3.8) is 0 Å². The Kier molecular flexibility index (Phi) is 9.47. The molecular formula is C24H24N2O6. The Morgan fingerprint density at radius 3 is 2.56 bits per heavy atom. The number of nitrogens with one attached hydrogen (secondary N) is 1. The first-order valence-electron chi connectivity index (χ1n) is 9.92. The summed E-state index contributed by atoms with van der Waals surface area (Å²) in [6, 6.07) is 13.8. The standard InChI is InChI=1S/C24H24N2O6/c1-31-23(29)16-32-21-11-8-17(14-20(21)4-2-3-5-22(27)28)12-13-26-24(30)19-9-6-18(15-25)7-10-19/h2,4,6-11,14H,3,5,12-13,16H2,1H3,(H,26,30)(H,27,28)/b4-2+. The van der Waals surface area contributed by atoms with Gasteiger partial charge in [0.1, 0.15) is 5.75 Å². The number of aliphatic carboxylic acids is 1. The van der Waals surface area contributed by atoms with Crippen LogP contribution in [0.2, 0.25) is 0 Å². The normalized spacial score (nSPS) is 10.4. The number of benzene rings is 2. The number of carboxylic acid groups (broad SMARTS) is 1. The van der Waals surface area contributed by atoms with Crippen molar-refractivity contribution in [1.29, 1.82) is 5.26 Å². The Morgan fingerprint density at radius 2 is 1.91 bits per heavy atom. The lowest BCUT2D eigenvalue weighted by Crippen LogP contribution is -2.25. The molecule has 0 unspecified atom stereocenters. The molecule has 0 aliphatic rings. The summed E-state index contributed by atoms with van der Waals surface area (Å²) in [7, 11) is 1.27. The van der Waals surface area contributed by atoms with Gasteiger partial charge in [0, 0.05) is 24.1 Å². The molecule has 8 heteroatoms. The van der Waals surface area contributed by atoms with Gasteiger partial charge in [0.05, 0.1) is 18.7 Å². The highest BCUT2D eigenvalue weighted by Gasteiger charge is 2.08. The average molecular weight is 436 g/mol. The van der Waals surface area contributed by atoms with Gasteiger partial charge in [-0.05, 0) is 54.8 Å². The van der Waals surface area contributed by atoms with Gasteiger partial charge in [-0.1, -0.05) is 18.2 Å². The van der Waals surface area contributed by atoms with E-state index >= 15 is 0 Å². The maximum Gasteiger partial charge on any atom is 0.343 e. The van der Waals surface area contributed by atoms with Gasteiger partial charge in [0.2, 0.25) is 0 Å². The second-order valence-corrected chi connectivity index (χ2v) is 6.77. The van der Waals surface area contributed by atoms with Crippen LogP contribution in [0.25, 0.3) is 6.08 Å². The van der Waals surface area contributed by atoms with Crippen LogP contribution < -0.4 is 10.1 Å². The van der Waals surface area contributed by atoms with Crippen LogP contribution in [0.15, 0.2) is 48.5 Å². The summed E-state index contributed by atoms with van der Waals surface area (Å²) >= 11 is 0. The van der Waals surface area contributed by atoms with E-state index in [0.29, 0.717) is 41.8 Å². The molecule has 0 radical (unpaired) electrons. The first-order valence-corrected chi connectivity index (χ1v) is 9.92. The highest BCUT2D eigenvalue weighted by Crippen LogP contribution is 2.23. The minimum absolute atomic E-state index is 0.00984. The minimum atomic E-state index is -0.886. The second kappa shape index (κ2) is 12.5. The average Bonchev–Trinajstić information content (AvgIpc) is 2.80. The van der Waals surface area contributed by atoms with Crippen LogP contribution in [0.4, 0.5) is 0 Å². The summed E-state index contributed by atoms with van der Waals surface area (Å²) in [6.07, 6.45) is 4.39. The molecule has 2 aromatic carbocycles. The van der Waals surface area contributed by atoms with Crippen LogP contribution in [0.3, 0.4) is 0 Å². The highest BCUT2D eigenvalue weighted by molar-refractivity contribution is 5.94. The molecule has 8 nitrogen and oxygen atoms in total. The number of nitriles is 1. The van der Waals surface area contributed by atoms with Crippen LogP contribution in [0.1, 0.15) is 39.9 Å². The molecule has 166 valence electrons. The first-order chi connectivity index (χ1) is 15.4. The number of allylic oxidation sites excluding steroid dienone is 1. The molecule has 0 fully saturated rings. The fourth-order valence-corrected chi connectivity index (χ4v) is 2.75. The molecule has 2 N–H and O–H groups in total.